The number of hydrogen-bond donors (Lipinski definition) is 2. The van der Waals surface area contributed by atoms with E-state index in [4.69, 9.17) is 9.59 Å². The molecule has 0 bridgehead atoms. The Morgan fingerprint density at radius 2 is 1.50 bits per heavy atom. The maximum atomic E-state index is 10.5. The van der Waals surface area contributed by atoms with Crippen LogP contribution in [0, 0.1) is 0 Å². The molecule has 2 N–H and O–H groups in total. The molecular formula is H3F2KO4Si. The second-order valence-corrected chi connectivity index (χ2v) is 2.11. The molecule has 0 aromatic rings. The van der Waals surface area contributed by atoms with Gasteiger partial charge < -0.3 is 11.0 Å². The summed E-state index contributed by atoms with van der Waals surface area (Å²) in [6.45, 7) is 0. The minimum absolute atomic E-state index is 0. The van der Waals surface area contributed by atoms with E-state index in [9.17, 15) is 9.05 Å². The Morgan fingerprint density at radius 1 is 1.25 bits per heavy atom. The van der Waals surface area contributed by atoms with E-state index in [-0.39, 0.29) is 52.8 Å². The minimum atomic E-state index is -4.98. The molecule has 0 aliphatic heterocycles. The van der Waals surface area contributed by atoms with Crippen molar-refractivity contribution in [2.24, 2.45) is 0 Å². The molecule has 0 saturated heterocycles. The zero-order valence-electron chi connectivity index (χ0n) is 4.97. The van der Waals surface area contributed by atoms with Gasteiger partial charge in [-0.3, -0.25) is 0 Å². The maximum Gasteiger partial charge on any atom is 1.00 e. The van der Waals surface area contributed by atoms with E-state index in [1.807, 2.05) is 0 Å². The van der Waals surface area contributed by atoms with E-state index >= 15 is 0 Å². The van der Waals surface area contributed by atoms with Gasteiger partial charge in [0.15, 0.2) is 0 Å². The van der Waals surface area contributed by atoms with E-state index in [1.54, 1.807) is 0 Å². The third-order valence-electron chi connectivity index (χ3n) is 0.201. The molecule has 0 aliphatic carbocycles. The standard InChI is InChI=1S/F2H2O4Si.K.H/c1-5-7(3,4)6-2;;/h3-4H;;/q;+1;-1. The van der Waals surface area contributed by atoms with Crippen LogP contribution in [0.5, 0.6) is 0 Å². The molecule has 0 fully saturated rings. The summed E-state index contributed by atoms with van der Waals surface area (Å²) < 4.78 is 25.4. The van der Waals surface area contributed by atoms with Gasteiger partial charge in [0.2, 0.25) is 0 Å². The van der Waals surface area contributed by atoms with E-state index in [2.05, 4.69) is 9.26 Å². The summed E-state index contributed by atoms with van der Waals surface area (Å²) in [7, 11) is -4.98. The maximum absolute atomic E-state index is 10.5. The van der Waals surface area contributed by atoms with Crippen molar-refractivity contribution >= 4 is 9.05 Å². The number of hydrogen-bond acceptors (Lipinski definition) is 4. The van der Waals surface area contributed by atoms with Gasteiger partial charge in [0.1, 0.15) is 0 Å². The molecule has 0 spiro atoms. The van der Waals surface area contributed by atoms with Crippen LogP contribution in [0.4, 0.5) is 9.05 Å². The van der Waals surface area contributed by atoms with Gasteiger partial charge in [-0.05, 0) is 0 Å². The summed E-state index contributed by atoms with van der Waals surface area (Å²) in [4.78, 5) is 15.3. The molecule has 0 saturated carbocycles. The van der Waals surface area contributed by atoms with Gasteiger partial charge in [0.25, 0.3) is 0 Å². The average Bonchev–Trinajstić information content (AvgIpc) is 1.68. The molecule has 0 aromatic heterocycles. The third kappa shape index (κ3) is 5.69. The van der Waals surface area contributed by atoms with Crippen molar-refractivity contribution in [3.63, 3.8) is 0 Å². The number of halogens is 2. The Labute approximate surface area is 88.6 Å². The fourth-order valence-electron chi connectivity index (χ4n) is 0.0119. The molecule has 0 atom stereocenters. The van der Waals surface area contributed by atoms with E-state index in [0.717, 1.165) is 0 Å². The summed E-state index contributed by atoms with van der Waals surface area (Å²) in [5, 5.41) is 0. The smallest absolute Gasteiger partial charge is 1.00 e. The monoisotopic (exact) mass is 172 g/mol. The molecule has 8 heavy (non-hydrogen) atoms. The van der Waals surface area contributed by atoms with Gasteiger partial charge in [-0.1, -0.05) is 9.05 Å². The van der Waals surface area contributed by atoms with Gasteiger partial charge in [-0.15, -0.1) is 0 Å². The molecule has 0 amide bonds. The van der Waals surface area contributed by atoms with E-state index in [1.165, 1.54) is 0 Å². The fraction of sp³-hybridized carbons (Fsp3) is 0. The molecule has 0 radical (unpaired) electrons. The van der Waals surface area contributed by atoms with Crippen molar-refractivity contribution < 1.29 is 80.7 Å². The quantitative estimate of drug-likeness (QED) is 0.421. The van der Waals surface area contributed by atoms with Crippen LogP contribution < -0.4 is 51.4 Å². The van der Waals surface area contributed by atoms with Crippen LogP contribution in [0.25, 0.3) is 0 Å². The molecule has 0 unspecified atom stereocenters. The minimum Gasteiger partial charge on any atom is -1.00 e. The first-order chi connectivity index (χ1) is 3.12. The largest absolute Gasteiger partial charge is 1.00 e. The van der Waals surface area contributed by atoms with E-state index < -0.39 is 9.05 Å². The van der Waals surface area contributed by atoms with Gasteiger partial charge in [0, 0.05) is 0 Å². The molecular weight excluding hydrogens is 169 g/mol. The van der Waals surface area contributed by atoms with Crippen LogP contribution in [0.3, 0.4) is 0 Å². The Bertz CT molecular complexity index is 56.5. The van der Waals surface area contributed by atoms with Gasteiger partial charge in [-0.2, -0.15) is 9.26 Å². The summed E-state index contributed by atoms with van der Waals surface area (Å²) in [6, 6.07) is 0. The van der Waals surface area contributed by atoms with Gasteiger partial charge in [-0.25, -0.2) is 0 Å². The Kier molecular flexibility index (Phi) is 8.19. The molecule has 8 heteroatoms. The first-order valence-corrected chi connectivity index (χ1v) is 2.87. The predicted octanol–water partition coefficient (Wildman–Crippen LogP) is -3.67. The third-order valence-corrected chi connectivity index (χ3v) is 0.603. The fourth-order valence-corrected chi connectivity index (χ4v) is 0.0357. The Hall–Kier alpha value is 1.55. The van der Waals surface area contributed by atoms with Gasteiger partial charge >= 0.3 is 60.4 Å². The van der Waals surface area contributed by atoms with Crippen LogP contribution in [-0.2, 0) is 9.26 Å². The van der Waals surface area contributed by atoms with Crippen LogP contribution in [0.15, 0.2) is 0 Å². The van der Waals surface area contributed by atoms with Crippen LogP contribution in [-0.4, -0.2) is 18.6 Å². The first kappa shape index (κ1) is 12.3. The topological polar surface area (TPSA) is 58.9 Å². The second kappa shape index (κ2) is 5.35. The summed E-state index contributed by atoms with van der Waals surface area (Å²) >= 11 is 0. The van der Waals surface area contributed by atoms with Crippen molar-refractivity contribution in [3.05, 3.63) is 0 Å². The summed E-state index contributed by atoms with van der Waals surface area (Å²) in [6.07, 6.45) is 0. The van der Waals surface area contributed by atoms with Crippen molar-refractivity contribution in [3.8, 4) is 0 Å². The zero-order valence-corrected chi connectivity index (χ0v) is 8.09. The molecule has 0 heterocycles. The van der Waals surface area contributed by atoms with Crippen LogP contribution >= 0.6 is 0 Å². The van der Waals surface area contributed by atoms with Crippen LogP contribution in [0.1, 0.15) is 1.43 Å². The zero-order chi connectivity index (χ0) is 5.91. The van der Waals surface area contributed by atoms with E-state index in [0.29, 0.717) is 0 Å². The van der Waals surface area contributed by atoms with Crippen molar-refractivity contribution in [2.75, 3.05) is 0 Å². The molecule has 4 nitrogen and oxygen atoms in total. The average molecular weight is 172 g/mol. The molecule has 0 rings (SSSR count). The summed E-state index contributed by atoms with van der Waals surface area (Å²) in [5.41, 5.74) is 0. The Balaban J connectivity index is -0.000000180. The van der Waals surface area contributed by atoms with Gasteiger partial charge in [0.05, 0.1) is 0 Å². The first-order valence-electron chi connectivity index (χ1n) is 1.16. The van der Waals surface area contributed by atoms with Crippen molar-refractivity contribution in [2.45, 2.75) is 0 Å². The number of rotatable bonds is 2. The molecule has 0 aliphatic rings. The Morgan fingerprint density at radius 3 is 1.50 bits per heavy atom. The normalized spacial score (nSPS) is 10.5. The van der Waals surface area contributed by atoms with Crippen molar-refractivity contribution in [1.82, 2.24) is 0 Å². The SMILES string of the molecule is O[Si](O)(OF)OF.[H-].[K+]. The molecule has 46 valence electrons. The predicted molar refractivity (Wildman–Crippen MR) is 15.7 cm³/mol. The summed E-state index contributed by atoms with van der Waals surface area (Å²) in [5.74, 6) is 0. The second-order valence-electron chi connectivity index (χ2n) is 0.703. The molecule has 0 aromatic carbocycles. The van der Waals surface area contributed by atoms with Crippen LogP contribution in [0.2, 0.25) is 0 Å². The van der Waals surface area contributed by atoms with Crippen molar-refractivity contribution in [1.29, 1.82) is 0 Å².